The first-order valence-electron chi connectivity index (χ1n) is 25.1. The molecule has 2 heterocycles. The van der Waals surface area contributed by atoms with Gasteiger partial charge in [0.2, 0.25) is 23.4 Å². The number of fused-ring (bicyclic) bond motifs is 2. The third-order valence-corrected chi connectivity index (χ3v) is 15.4. The minimum atomic E-state index is -4.46. The Morgan fingerprint density at radius 2 is 1.37 bits per heavy atom. The monoisotopic (exact) mass is 1070 g/mol. The summed E-state index contributed by atoms with van der Waals surface area (Å²) in [6.07, 6.45) is 12.6. The number of carbonyl (C=O) groups excluding carboxylic acids is 4. The zero-order chi connectivity index (χ0) is 54.6. The summed E-state index contributed by atoms with van der Waals surface area (Å²) >= 11 is 0. The van der Waals surface area contributed by atoms with Gasteiger partial charge >= 0.3 is 6.09 Å². The average molecular weight is 1070 g/mol. The van der Waals surface area contributed by atoms with E-state index in [1.165, 1.54) is 24.3 Å². The Bertz CT molecular complexity index is 3080. The molecule has 0 saturated carbocycles. The lowest BCUT2D eigenvalue weighted by Crippen LogP contribution is -2.53. The molecule has 7 N–H and O–H groups in total. The summed E-state index contributed by atoms with van der Waals surface area (Å²) in [4.78, 5) is 53.3. The molecular weight excluding hydrogens is 997 g/mol. The molecule has 0 radical (unpaired) electrons. The summed E-state index contributed by atoms with van der Waals surface area (Å²) in [5.41, 5.74) is 11.1. The van der Waals surface area contributed by atoms with Crippen LogP contribution in [0.5, 0.6) is 0 Å². The fraction of sp³-hybridized carbons (Fsp3) is 0.375. The van der Waals surface area contributed by atoms with Crippen LogP contribution in [0, 0.1) is 0 Å². The van der Waals surface area contributed by atoms with E-state index in [0.717, 1.165) is 51.5 Å². The molecule has 400 valence electrons. The fourth-order valence-corrected chi connectivity index (χ4v) is 10.6. The zero-order valence-electron chi connectivity index (χ0n) is 43.1. The Balaban J connectivity index is 1.01. The molecule has 19 heteroatoms. The van der Waals surface area contributed by atoms with E-state index in [-0.39, 0.29) is 35.1 Å². The van der Waals surface area contributed by atoms with E-state index in [9.17, 15) is 45.1 Å². The van der Waals surface area contributed by atoms with E-state index in [1.54, 1.807) is 12.1 Å². The van der Waals surface area contributed by atoms with Gasteiger partial charge in [0.25, 0.3) is 20.2 Å². The predicted molar refractivity (Wildman–Crippen MR) is 288 cm³/mol. The van der Waals surface area contributed by atoms with Crippen molar-refractivity contribution in [2.45, 2.75) is 125 Å². The summed E-state index contributed by atoms with van der Waals surface area (Å²) in [7, 11) is -8.85. The van der Waals surface area contributed by atoms with Crippen LogP contribution in [0.2, 0.25) is 0 Å². The summed E-state index contributed by atoms with van der Waals surface area (Å²) in [5.74, 6) is -1.44. The molecule has 2 atom stereocenters. The van der Waals surface area contributed by atoms with Crippen molar-refractivity contribution < 1.29 is 54.4 Å². The van der Waals surface area contributed by atoms with Crippen LogP contribution in [0.15, 0.2) is 143 Å². The van der Waals surface area contributed by atoms with E-state index in [0.29, 0.717) is 51.7 Å². The maximum atomic E-state index is 13.5. The number of primary amides is 1. The third-order valence-electron chi connectivity index (χ3n) is 13.7. The molecule has 4 aromatic rings. The maximum Gasteiger partial charge on any atom is 0.408 e. The molecule has 75 heavy (non-hydrogen) atoms. The van der Waals surface area contributed by atoms with Crippen molar-refractivity contribution in [1.82, 2.24) is 16.0 Å². The number of hydrogen-bond acceptors (Lipinski definition) is 10. The molecule has 4 amide bonds. The van der Waals surface area contributed by atoms with E-state index < -0.39 is 61.1 Å². The van der Waals surface area contributed by atoms with Crippen molar-refractivity contribution in [2.24, 2.45) is 5.73 Å². The molecule has 0 spiro atoms. The van der Waals surface area contributed by atoms with E-state index in [4.69, 9.17) is 10.5 Å². The number of amides is 4. The highest BCUT2D eigenvalue weighted by molar-refractivity contribution is 7.86. The van der Waals surface area contributed by atoms with Gasteiger partial charge in [-0.2, -0.15) is 21.4 Å². The number of benzene rings is 4. The first kappa shape index (κ1) is 57.4. The molecule has 0 aliphatic carbocycles. The van der Waals surface area contributed by atoms with Crippen molar-refractivity contribution >= 4 is 61.1 Å². The quantitative estimate of drug-likeness (QED) is 0.0161. The van der Waals surface area contributed by atoms with Gasteiger partial charge in [-0.25, -0.2) is 4.79 Å². The Kier molecular flexibility index (Phi) is 19.2. The molecule has 0 saturated heterocycles. The van der Waals surface area contributed by atoms with Crippen molar-refractivity contribution in [1.29, 1.82) is 0 Å². The van der Waals surface area contributed by atoms with Crippen molar-refractivity contribution in [2.75, 3.05) is 24.5 Å². The van der Waals surface area contributed by atoms with Gasteiger partial charge in [-0.15, -0.1) is 0 Å². The van der Waals surface area contributed by atoms with Gasteiger partial charge in [0.15, 0.2) is 5.71 Å². The smallest absolute Gasteiger partial charge is 0.408 e. The lowest BCUT2D eigenvalue weighted by atomic mass is 9.81. The summed E-state index contributed by atoms with van der Waals surface area (Å²) < 4.78 is 75.4. The standard InChI is InChI=1S/C56H68N6O11S2/c1-6-61-47-31-29-41(74(67,68)69)36-43(47)55(2,3)49(61)26-15-9-16-27-50-56(4,5)44-37-42(75(70,71)72)30-32-48(44)62(50)34-20-10-17-28-51(63)58-33-19-18-25-45(52(57)64)59-53(65)46(35-39-21-11-7-12-22-39)60-54(66)73-38-40-23-13-8-14-24-40/h7-9,11-16,21-24,26-27,29-32,36-37,45-46H,6,10,17-20,25,28,33-35,38H2,1-5H3,(H6-,57,58,59,60,63,64,65,66,67,68,69,70,71,72)/p+1/t45-,46-/m0/s1. The number of carbonyl (C=O) groups is 4. The van der Waals surface area contributed by atoms with E-state index >= 15 is 0 Å². The maximum absolute atomic E-state index is 13.5. The molecule has 0 fully saturated rings. The number of ether oxygens (including phenoxy) is 1. The third kappa shape index (κ3) is 14.9. The number of nitrogens with zero attached hydrogens (tertiary/aromatic N) is 2. The van der Waals surface area contributed by atoms with Gasteiger partial charge < -0.3 is 31.3 Å². The van der Waals surface area contributed by atoms with Gasteiger partial charge in [0.1, 0.15) is 25.2 Å². The topological polar surface area (TPSA) is 255 Å². The average Bonchev–Trinajstić information content (AvgIpc) is 3.71. The van der Waals surface area contributed by atoms with Crippen LogP contribution >= 0.6 is 0 Å². The van der Waals surface area contributed by atoms with E-state index in [2.05, 4.69) is 25.4 Å². The van der Waals surface area contributed by atoms with Crippen molar-refractivity contribution in [3.8, 4) is 0 Å². The van der Waals surface area contributed by atoms with Gasteiger partial charge in [0, 0.05) is 66.9 Å². The molecule has 2 aliphatic heterocycles. The number of unbranched alkanes of at least 4 members (excludes halogenated alkanes) is 3. The lowest BCUT2D eigenvalue weighted by molar-refractivity contribution is -0.438. The van der Waals surface area contributed by atoms with Crippen LogP contribution in [-0.2, 0) is 63.2 Å². The highest BCUT2D eigenvalue weighted by Crippen LogP contribution is 2.48. The first-order chi connectivity index (χ1) is 35.5. The second-order valence-electron chi connectivity index (χ2n) is 19.7. The number of allylic oxidation sites excluding steroid dienone is 6. The second kappa shape index (κ2) is 25.1. The normalized spacial score (nSPS) is 16.2. The molecule has 17 nitrogen and oxygen atoms in total. The number of rotatable bonds is 25. The number of hydrogen-bond donors (Lipinski definition) is 6. The number of likely N-dealkylation sites (N-methyl/N-ethyl adjacent to an activating group) is 1. The van der Waals surface area contributed by atoms with E-state index in [1.807, 2.05) is 126 Å². The lowest BCUT2D eigenvalue weighted by Gasteiger charge is -2.25. The fourth-order valence-electron chi connectivity index (χ4n) is 9.62. The Morgan fingerprint density at radius 1 is 0.733 bits per heavy atom. The summed E-state index contributed by atoms with van der Waals surface area (Å²) in [6, 6.07) is 25.4. The van der Waals surface area contributed by atoms with Crippen LogP contribution < -0.4 is 26.6 Å². The van der Waals surface area contributed by atoms with Crippen LogP contribution in [0.3, 0.4) is 0 Å². The largest absolute Gasteiger partial charge is 0.445 e. The molecule has 6 rings (SSSR count). The minimum absolute atomic E-state index is 0.0108. The number of anilines is 1. The summed E-state index contributed by atoms with van der Waals surface area (Å²) in [6.45, 7) is 11.6. The SMILES string of the molecule is CCN1\C(=C/C=C/C=C/C2=[N+](CCCCCC(=O)NCCCC[C@H](NC(=O)[C@H](Cc3ccccc3)NC(=O)OCc3ccccc3)C(N)=O)c3ccc(S(=O)(=O)O)cc3C2(C)C)C(C)(C)c2cc(S(=O)(=O)O)ccc21. The Hall–Kier alpha value is -6.93. The summed E-state index contributed by atoms with van der Waals surface area (Å²) in [5, 5.41) is 8.25. The highest BCUT2D eigenvalue weighted by atomic mass is 32.2. The zero-order valence-corrected chi connectivity index (χ0v) is 44.8. The molecule has 0 aromatic heterocycles. The van der Waals surface area contributed by atoms with Gasteiger partial charge in [-0.1, -0.05) is 92.7 Å². The number of nitrogens with one attached hydrogen (secondary N) is 3. The molecular formula is C56H69N6O11S2+. The van der Waals surface area contributed by atoms with Crippen molar-refractivity contribution in [3.05, 3.63) is 155 Å². The Morgan fingerprint density at radius 3 is 2.01 bits per heavy atom. The van der Waals surface area contributed by atoms with Gasteiger partial charge in [-0.3, -0.25) is 23.5 Å². The molecule has 4 aromatic carbocycles. The van der Waals surface area contributed by atoms with Gasteiger partial charge in [-0.05, 0) is 106 Å². The van der Waals surface area contributed by atoms with Crippen LogP contribution in [-0.4, -0.2) is 91.8 Å². The number of nitrogens with two attached hydrogens (primary N) is 1. The first-order valence-corrected chi connectivity index (χ1v) is 28.0. The van der Waals surface area contributed by atoms with Gasteiger partial charge in [0.05, 0.1) is 15.2 Å². The molecule has 2 aliphatic rings. The van der Waals surface area contributed by atoms with Crippen LogP contribution in [0.25, 0.3) is 0 Å². The van der Waals surface area contributed by atoms with Crippen molar-refractivity contribution in [3.63, 3.8) is 0 Å². The predicted octanol–water partition coefficient (Wildman–Crippen LogP) is 7.72. The van der Waals surface area contributed by atoms with Crippen LogP contribution in [0.4, 0.5) is 16.2 Å². The number of alkyl carbamates (subject to hydrolysis) is 1. The molecule has 0 bridgehead atoms. The minimum Gasteiger partial charge on any atom is -0.445 e. The Labute approximate surface area is 440 Å². The highest BCUT2D eigenvalue weighted by Gasteiger charge is 2.45. The van der Waals surface area contributed by atoms with Crippen LogP contribution in [0.1, 0.15) is 102 Å². The molecule has 0 unspecified atom stereocenters. The second-order valence-corrected chi connectivity index (χ2v) is 22.5.